The van der Waals surface area contributed by atoms with E-state index in [-0.39, 0.29) is 18.0 Å². The van der Waals surface area contributed by atoms with E-state index in [9.17, 15) is 18.0 Å². The van der Waals surface area contributed by atoms with Crippen molar-refractivity contribution in [2.24, 2.45) is 0 Å². The highest BCUT2D eigenvalue weighted by Crippen LogP contribution is 2.26. The molecule has 0 unspecified atom stereocenters. The molecule has 258 valence electrons. The first kappa shape index (κ1) is 35.3. The molecule has 1 aliphatic rings. The Morgan fingerprint density at radius 2 is 1.63 bits per heavy atom. The third kappa shape index (κ3) is 9.56. The van der Waals surface area contributed by atoms with Crippen molar-refractivity contribution in [2.45, 2.75) is 76.7 Å². The van der Waals surface area contributed by atoms with Crippen LogP contribution in [0.5, 0.6) is 0 Å². The SMILES string of the molecule is CCc1ccc(Cn2c(CCc3ccccc3)nnc2[C@@H](Cc2c[nH]c3ccccc23)NC(=O)[C@@H]2CCCCN2)cc1.O=C(O)C(F)(F)F. The zero-order valence-electron chi connectivity index (χ0n) is 27.3. The van der Waals surface area contributed by atoms with Crippen molar-refractivity contribution in [2.75, 3.05) is 6.54 Å². The summed E-state index contributed by atoms with van der Waals surface area (Å²) in [4.78, 5) is 25.9. The maximum Gasteiger partial charge on any atom is 0.490 e. The largest absolute Gasteiger partial charge is 0.490 e. The molecule has 5 aromatic rings. The Morgan fingerprint density at radius 3 is 2.31 bits per heavy atom. The molecule has 12 heteroatoms. The highest BCUT2D eigenvalue weighted by Gasteiger charge is 2.38. The fourth-order valence-corrected chi connectivity index (χ4v) is 6.00. The van der Waals surface area contributed by atoms with Crippen LogP contribution in [0, 0.1) is 0 Å². The molecule has 4 N–H and O–H groups in total. The first-order chi connectivity index (χ1) is 23.6. The van der Waals surface area contributed by atoms with Crippen LogP contribution in [0.1, 0.15) is 66.1 Å². The number of hydrogen-bond acceptors (Lipinski definition) is 5. The Kier molecular flexibility index (Phi) is 11.8. The van der Waals surface area contributed by atoms with Crippen molar-refractivity contribution >= 4 is 22.8 Å². The van der Waals surface area contributed by atoms with Gasteiger partial charge in [0.1, 0.15) is 5.82 Å². The Balaban J connectivity index is 0.000000606. The van der Waals surface area contributed by atoms with E-state index in [0.717, 1.165) is 73.2 Å². The lowest BCUT2D eigenvalue weighted by Crippen LogP contribution is -2.48. The smallest absolute Gasteiger partial charge is 0.475 e. The van der Waals surface area contributed by atoms with Crippen LogP contribution in [0.25, 0.3) is 10.9 Å². The first-order valence-electron chi connectivity index (χ1n) is 16.5. The number of nitrogens with zero attached hydrogens (tertiary/aromatic N) is 3. The van der Waals surface area contributed by atoms with Gasteiger partial charge in [-0.2, -0.15) is 13.2 Å². The number of carboxylic acid groups (broad SMARTS) is 1. The molecule has 2 aromatic heterocycles. The Hall–Kier alpha value is -4.97. The minimum atomic E-state index is -5.08. The van der Waals surface area contributed by atoms with Gasteiger partial charge in [0.25, 0.3) is 0 Å². The number of piperidine rings is 1. The number of nitrogens with one attached hydrogen (secondary N) is 3. The second-order valence-electron chi connectivity index (χ2n) is 12.1. The summed E-state index contributed by atoms with van der Waals surface area (Å²) in [6.45, 7) is 3.70. The average molecular weight is 675 g/mol. The number of carboxylic acids is 1. The van der Waals surface area contributed by atoms with E-state index >= 15 is 0 Å². The van der Waals surface area contributed by atoms with Crippen molar-refractivity contribution in [3.8, 4) is 0 Å². The van der Waals surface area contributed by atoms with Crippen molar-refractivity contribution in [1.29, 1.82) is 0 Å². The van der Waals surface area contributed by atoms with Crippen LogP contribution < -0.4 is 10.6 Å². The Morgan fingerprint density at radius 1 is 0.939 bits per heavy atom. The molecule has 49 heavy (non-hydrogen) atoms. The molecular weight excluding hydrogens is 633 g/mol. The zero-order chi connectivity index (χ0) is 34.8. The normalized spacial score (nSPS) is 15.3. The fraction of sp³-hybridized carbons (Fsp3) is 0.351. The van der Waals surface area contributed by atoms with Gasteiger partial charge >= 0.3 is 12.1 Å². The number of aromatic nitrogens is 4. The maximum absolute atomic E-state index is 13.6. The van der Waals surface area contributed by atoms with E-state index in [1.165, 1.54) is 16.7 Å². The third-order valence-electron chi connectivity index (χ3n) is 8.70. The van der Waals surface area contributed by atoms with Gasteiger partial charge in [-0.25, -0.2) is 4.79 Å². The molecule has 3 aromatic carbocycles. The number of benzene rings is 3. The van der Waals surface area contributed by atoms with Crippen LogP contribution in [0.4, 0.5) is 13.2 Å². The fourth-order valence-electron chi connectivity index (χ4n) is 6.00. The second kappa shape index (κ2) is 16.4. The number of hydrogen-bond donors (Lipinski definition) is 4. The molecule has 6 rings (SSSR count). The monoisotopic (exact) mass is 674 g/mol. The van der Waals surface area contributed by atoms with Gasteiger partial charge in [0.15, 0.2) is 5.82 Å². The summed E-state index contributed by atoms with van der Waals surface area (Å²) in [6.07, 6.45) is 3.27. The van der Waals surface area contributed by atoms with Crippen LogP contribution in [-0.2, 0) is 41.8 Å². The number of aryl methyl sites for hydroxylation is 3. The molecule has 1 amide bonds. The molecule has 0 saturated carbocycles. The van der Waals surface area contributed by atoms with Gasteiger partial charge in [-0.3, -0.25) is 4.79 Å². The lowest BCUT2D eigenvalue weighted by atomic mass is 10.0. The van der Waals surface area contributed by atoms with Gasteiger partial charge < -0.3 is 25.3 Å². The number of halogens is 3. The number of rotatable bonds is 11. The van der Waals surface area contributed by atoms with E-state index in [1.54, 1.807) is 0 Å². The minimum Gasteiger partial charge on any atom is -0.475 e. The van der Waals surface area contributed by atoms with Crippen molar-refractivity contribution in [1.82, 2.24) is 30.4 Å². The summed E-state index contributed by atoms with van der Waals surface area (Å²) in [5.41, 5.74) is 6.03. The molecule has 3 heterocycles. The number of H-pyrrole nitrogens is 1. The topological polar surface area (TPSA) is 125 Å². The van der Waals surface area contributed by atoms with Crippen molar-refractivity contribution in [3.05, 3.63) is 119 Å². The predicted molar refractivity (Wildman–Crippen MR) is 181 cm³/mol. The summed E-state index contributed by atoms with van der Waals surface area (Å²) >= 11 is 0. The molecule has 1 aliphatic heterocycles. The minimum absolute atomic E-state index is 0.0345. The third-order valence-corrected chi connectivity index (χ3v) is 8.70. The van der Waals surface area contributed by atoms with E-state index in [2.05, 4.69) is 100 Å². The Labute approximate surface area is 283 Å². The Bertz CT molecular complexity index is 1810. The van der Waals surface area contributed by atoms with Crippen LogP contribution in [0.3, 0.4) is 0 Å². The van der Waals surface area contributed by atoms with Crippen LogP contribution >= 0.6 is 0 Å². The van der Waals surface area contributed by atoms with Gasteiger partial charge in [-0.15, -0.1) is 10.2 Å². The molecule has 0 aliphatic carbocycles. The number of carbonyl (C=O) groups excluding carboxylic acids is 1. The molecule has 0 bridgehead atoms. The molecule has 0 spiro atoms. The number of aromatic amines is 1. The van der Waals surface area contributed by atoms with Gasteiger partial charge in [-0.05, 0) is 60.5 Å². The summed E-state index contributed by atoms with van der Waals surface area (Å²) in [6, 6.07) is 27.1. The van der Waals surface area contributed by atoms with E-state index in [1.807, 2.05) is 12.1 Å². The summed E-state index contributed by atoms with van der Waals surface area (Å²) in [5, 5.41) is 24.6. The lowest BCUT2D eigenvalue weighted by molar-refractivity contribution is -0.192. The highest BCUT2D eigenvalue weighted by atomic mass is 19.4. The lowest BCUT2D eigenvalue weighted by Gasteiger charge is -2.26. The number of aliphatic carboxylic acids is 1. The number of amides is 1. The van der Waals surface area contributed by atoms with Gasteiger partial charge in [0.2, 0.25) is 5.91 Å². The van der Waals surface area contributed by atoms with E-state index in [0.29, 0.717) is 13.0 Å². The number of para-hydroxylation sites is 1. The van der Waals surface area contributed by atoms with Gasteiger partial charge in [0.05, 0.1) is 18.6 Å². The molecular formula is C37H41F3N6O3. The molecule has 9 nitrogen and oxygen atoms in total. The highest BCUT2D eigenvalue weighted by molar-refractivity contribution is 5.84. The quantitative estimate of drug-likeness (QED) is 0.130. The predicted octanol–water partition coefficient (Wildman–Crippen LogP) is 6.33. The second-order valence-corrected chi connectivity index (χ2v) is 12.1. The van der Waals surface area contributed by atoms with Crippen molar-refractivity contribution in [3.63, 3.8) is 0 Å². The van der Waals surface area contributed by atoms with Gasteiger partial charge in [-0.1, -0.05) is 86.1 Å². The number of alkyl halides is 3. The summed E-state index contributed by atoms with van der Waals surface area (Å²) in [5.74, 6) is -0.991. The summed E-state index contributed by atoms with van der Waals surface area (Å²) in [7, 11) is 0. The number of fused-ring (bicyclic) bond motifs is 1. The maximum atomic E-state index is 13.6. The molecule has 1 fully saturated rings. The van der Waals surface area contributed by atoms with Crippen LogP contribution in [0.15, 0.2) is 85.1 Å². The van der Waals surface area contributed by atoms with Gasteiger partial charge in [0, 0.05) is 29.9 Å². The van der Waals surface area contributed by atoms with Crippen LogP contribution in [0.2, 0.25) is 0 Å². The molecule has 0 radical (unpaired) electrons. The van der Waals surface area contributed by atoms with Crippen molar-refractivity contribution < 1.29 is 27.9 Å². The average Bonchev–Trinajstić information content (AvgIpc) is 3.71. The molecule has 1 saturated heterocycles. The number of carbonyl (C=O) groups is 2. The first-order valence-corrected chi connectivity index (χ1v) is 16.5. The zero-order valence-corrected chi connectivity index (χ0v) is 27.3. The summed E-state index contributed by atoms with van der Waals surface area (Å²) < 4.78 is 34.0. The standard InChI is InChI=1S/C35H40N6O.C2HF3O2/c1-2-25-15-17-27(18-16-25)24-41-33(20-19-26-10-4-3-5-11-26)39-40-34(41)32(38-35(42)31-14-8-9-21-36-31)22-28-23-37-30-13-7-6-12-29(28)30;3-2(4,5)1(6)7/h3-7,10-13,15-18,23,31-32,36-37H,2,8-9,14,19-22,24H2,1H3,(H,38,42);(H,6,7)/t31-,32+;/m0./s1. The van der Waals surface area contributed by atoms with E-state index < -0.39 is 12.1 Å². The molecule has 2 atom stereocenters. The van der Waals surface area contributed by atoms with E-state index in [4.69, 9.17) is 20.1 Å². The van der Waals surface area contributed by atoms with Crippen LogP contribution in [-0.4, -0.2) is 55.5 Å².